The summed E-state index contributed by atoms with van der Waals surface area (Å²) in [5.74, 6) is 0.0814. The van der Waals surface area contributed by atoms with Crippen molar-refractivity contribution in [2.75, 3.05) is 5.32 Å². The highest BCUT2D eigenvalue weighted by Gasteiger charge is 2.02. The summed E-state index contributed by atoms with van der Waals surface area (Å²) >= 11 is 2.24. The van der Waals surface area contributed by atoms with Gasteiger partial charge in [-0.15, -0.1) is 0 Å². The third-order valence-electron chi connectivity index (χ3n) is 2.82. The van der Waals surface area contributed by atoms with Crippen molar-refractivity contribution >= 4 is 34.2 Å². The zero-order valence-corrected chi connectivity index (χ0v) is 12.8. The highest BCUT2D eigenvalue weighted by atomic mass is 127. The molecule has 0 radical (unpaired) electrons. The molecule has 0 fully saturated rings. The van der Waals surface area contributed by atoms with Gasteiger partial charge >= 0.3 is 0 Å². The molecule has 0 heterocycles. The average Bonchev–Trinajstić information content (AvgIpc) is 2.40. The van der Waals surface area contributed by atoms with E-state index in [1.165, 1.54) is 5.56 Å². The molecule has 98 valence electrons. The van der Waals surface area contributed by atoms with Crippen molar-refractivity contribution in [2.45, 2.75) is 19.3 Å². The fourth-order valence-electron chi connectivity index (χ4n) is 1.89. The predicted molar refractivity (Wildman–Crippen MR) is 87.2 cm³/mol. The Balaban J connectivity index is 1.76. The van der Waals surface area contributed by atoms with Gasteiger partial charge in [-0.2, -0.15) is 0 Å². The number of amides is 1. The number of carbonyl (C=O) groups excluding carboxylic acids is 1. The summed E-state index contributed by atoms with van der Waals surface area (Å²) in [4.78, 5) is 11.8. The Morgan fingerprint density at radius 3 is 2.58 bits per heavy atom. The van der Waals surface area contributed by atoms with Crippen LogP contribution in [0.3, 0.4) is 0 Å². The van der Waals surface area contributed by atoms with Crippen molar-refractivity contribution in [1.29, 1.82) is 0 Å². The van der Waals surface area contributed by atoms with E-state index in [9.17, 15) is 4.79 Å². The number of hydrogen-bond donors (Lipinski definition) is 1. The molecule has 0 atom stereocenters. The lowest BCUT2D eigenvalue weighted by molar-refractivity contribution is -0.116. The molecule has 2 rings (SSSR count). The predicted octanol–water partition coefficient (Wildman–Crippen LogP) is 4.25. The zero-order valence-electron chi connectivity index (χ0n) is 10.6. The first-order chi connectivity index (χ1) is 9.24. The SMILES string of the molecule is O=C(CCCc1ccccc1)Nc1cccc(I)c1. The Hall–Kier alpha value is -1.36. The minimum Gasteiger partial charge on any atom is -0.326 e. The molecule has 0 aliphatic heterocycles. The molecule has 0 saturated heterocycles. The van der Waals surface area contributed by atoms with Crippen molar-refractivity contribution in [1.82, 2.24) is 0 Å². The van der Waals surface area contributed by atoms with Crippen LogP contribution >= 0.6 is 22.6 Å². The van der Waals surface area contributed by atoms with Gasteiger partial charge in [-0.3, -0.25) is 4.79 Å². The molecule has 3 heteroatoms. The fraction of sp³-hybridized carbons (Fsp3) is 0.188. The van der Waals surface area contributed by atoms with Gasteiger partial charge in [-0.05, 0) is 59.2 Å². The van der Waals surface area contributed by atoms with Crippen LogP contribution in [0, 0.1) is 3.57 Å². The molecule has 0 aliphatic rings. The topological polar surface area (TPSA) is 29.1 Å². The minimum absolute atomic E-state index is 0.0814. The first-order valence-electron chi connectivity index (χ1n) is 6.33. The molecular weight excluding hydrogens is 349 g/mol. The molecule has 1 amide bonds. The zero-order chi connectivity index (χ0) is 13.5. The van der Waals surface area contributed by atoms with E-state index in [2.05, 4.69) is 40.0 Å². The number of nitrogens with one attached hydrogen (secondary N) is 1. The quantitative estimate of drug-likeness (QED) is 0.789. The molecule has 0 bridgehead atoms. The van der Waals surface area contributed by atoms with Crippen molar-refractivity contribution in [3.05, 3.63) is 63.7 Å². The number of hydrogen-bond acceptors (Lipinski definition) is 1. The lowest BCUT2D eigenvalue weighted by Crippen LogP contribution is -2.11. The van der Waals surface area contributed by atoms with Crippen LogP contribution in [0.2, 0.25) is 0 Å². The van der Waals surface area contributed by atoms with Gasteiger partial charge in [0.1, 0.15) is 0 Å². The fourth-order valence-corrected chi connectivity index (χ4v) is 2.43. The van der Waals surface area contributed by atoms with Crippen LogP contribution in [-0.2, 0) is 11.2 Å². The first kappa shape index (κ1) is 14.1. The summed E-state index contributed by atoms with van der Waals surface area (Å²) < 4.78 is 1.12. The van der Waals surface area contributed by atoms with Crippen molar-refractivity contribution in [3.8, 4) is 0 Å². The van der Waals surface area contributed by atoms with Crippen LogP contribution in [0.15, 0.2) is 54.6 Å². The second kappa shape index (κ2) is 7.28. The van der Waals surface area contributed by atoms with E-state index < -0.39 is 0 Å². The second-order valence-corrected chi connectivity index (χ2v) is 5.64. The maximum absolute atomic E-state index is 11.8. The monoisotopic (exact) mass is 365 g/mol. The van der Waals surface area contributed by atoms with Crippen LogP contribution in [0.5, 0.6) is 0 Å². The van der Waals surface area contributed by atoms with Crippen molar-refractivity contribution < 1.29 is 4.79 Å². The van der Waals surface area contributed by atoms with Gasteiger partial charge in [0.05, 0.1) is 0 Å². The minimum atomic E-state index is 0.0814. The number of benzene rings is 2. The smallest absolute Gasteiger partial charge is 0.224 e. The highest BCUT2D eigenvalue weighted by Crippen LogP contribution is 2.13. The van der Waals surface area contributed by atoms with Crippen LogP contribution in [0.4, 0.5) is 5.69 Å². The van der Waals surface area contributed by atoms with E-state index >= 15 is 0 Å². The third-order valence-corrected chi connectivity index (χ3v) is 3.49. The van der Waals surface area contributed by atoms with Gasteiger partial charge in [0.25, 0.3) is 0 Å². The van der Waals surface area contributed by atoms with E-state index in [-0.39, 0.29) is 5.91 Å². The molecule has 0 spiro atoms. The summed E-state index contributed by atoms with van der Waals surface area (Å²) in [6.45, 7) is 0. The van der Waals surface area contributed by atoms with E-state index in [1.54, 1.807) is 0 Å². The summed E-state index contributed by atoms with van der Waals surface area (Å²) in [6, 6.07) is 18.1. The summed E-state index contributed by atoms with van der Waals surface area (Å²) in [6.07, 6.45) is 2.38. The maximum atomic E-state index is 11.8. The van der Waals surface area contributed by atoms with Gasteiger partial charge in [-0.25, -0.2) is 0 Å². The van der Waals surface area contributed by atoms with Crippen LogP contribution < -0.4 is 5.32 Å². The van der Waals surface area contributed by atoms with E-state index in [0.29, 0.717) is 6.42 Å². The molecule has 2 aromatic carbocycles. The van der Waals surface area contributed by atoms with Gasteiger partial charge in [0, 0.05) is 15.7 Å². The van der Waals surface area contributed by atoms with Crippen LogP contribution in [0.1, 0.15) is 18.4 Å². The van der Waals surface area contributed by atoms with Crippen molar-refractivity contribution in [3.63, 3.8) is 0 Å². The normalized spacial score (nSPS) is 10.2. The molecular formula is C16H16INO. The second-order valence-electron chi connectivity index (χ2n) is 4.40. The molecule has 0 unspecified atom stereocenters. The molecule has 19 heavy (non-hydrogen) atoms. The van der Waals surface area contributed by atoms with E-state index in [4.69, 9.17) is 0 Å². The largest absolute Gasteiger partial charge is 0.326 e. The van der Waals surface area contributed by atoms with Crippen molar-refractivity contribution in [2.24, 2.45) is 0 Å². The van der Waals surface area contributed by atoms with Crippen LogP contribution in [-0.4, -0.2) is 5.91 Å². The molecule has 2 aromatic rings. The number of aryl methyl sites for hydroxylation is 1. The van der Waals surface area contributed by atoms with Gasteiger partial charge < -0.3 is 5.32 Å². The lowest BCUT2D eigenvalue weighted by atomic mass is 10.1. The maximum Gasteiger partial charge on any atom is 0.224 e. The number of rotatable bonds is 5. The highest BCUT2D eigenvalue weighted by molar-refractivity contribution is 14.1. The Labute approximate surface area is 127 Å². The molecule has 0 saturated carbocycles. The number of halogens is 1. The first-order valence-corrected chi connectivity index (χ1v) is 7.41. The number of anilines is 1. The molecule has 0 aliphatic carbocycles. The molecule has 0 aromatic heterocycles. The third kappa shape index (κ3) is 5.03. The van der Waals surface area contributed by atoms with E-state index in [0.717, 1.165) is 22.1 Å². The van der Waals surface area contributed by atoms with E-state index in [1.807, 2.05) is 42.5 Å². The standard InChI is InChI=1S/C16H16INO/c17-14-9-5-10-15(12-14)18-16(19)11-4-8-13-6-2-1-3-7-13/h1-3,5-7,9-10,12H,4,8,11H2,(H,18,19). The van der Waals surface area contributed by atoms with Gasteiger partial charge in [0.2, 0.25) is 5.91 Å². The van der Waals surface area contributed by atoms with Gasteiger partial charge in [0.15, 0.2) is 0 Å². The Bertz CT molecular complexity index is 539. The Morgan fingerprint density at radius 2 is 1.84 bits per heavy atom. The molecule has 1 N–H and O–H groups in total. The molecule has 2 nitrogen and oxygen atoms in total. The van der Waals surface area contributed by atoms with Crippen LogP contribution in [0.25, 0.3) is 0 Å². The Morgan fingerprint density at radius 1 is 1.05 bits per heavy atom. The average molecular weight is 365 g/mol. The Kier molecular flexibility index (Phi) is 5.39. The van der Waals surface area contributed by atoms with Gasteiger partial charge in [-0.1, -0.05) is 36.4 Å². The number of carbonyl (C=O) groups is 1. The summed E-state index contributed by atoms with van der Waals surface area (Å²) in [7, 11) is 0. The summed E-state index contributed by atoms with van der Waals surface area (Å²) in [5, 5.41) is 2.93. The lowest BCUT2D eigenvalue weighted by Gasteiger charge is -2.05. The summed E-state index contributed by atoms with van der Waals surface area (Å²) in [5.41, 5.74) is 2.15.